The molecular weight excluding hydrogens is 360 g/mol. The van der Waals surface area contributed by atoms with Crippen molar-refractivity contribution in [2.24, 2.45) is 0 Å². The van der Waals surface area contributed by atoms with Gasteiger partial charge in [-0.3, -0.25) is 0 Å². The van der Waals surface area contributed by atoms with Crippen molar-refractivity contribution in [1.29, 1.82) is 0 Å². The van der Waals surface area contributed by atoms with Crippen LogP contribution in [0.25, 0.3) is 0 Å². The van der Waals surface area contributed by atoms with E-state index in [0.717, 1.165) is 24.8 Å². The van der Waals surface area contributed by atoms with Gasteiger partial charge in [0.05, 0.1) is 6.61 Å². The van der Waals surface area contributed by atoms with Crippen LogP contribution in [0.3, 0.4) is 0 Å². The molecule has 0 aliphatic heterocycles. The molecule has 0 bridgehead atoms. The second kappa shape index (κ2) is 19.3. The van der Waals surface area contributed by atoms with Gasteiger partial charge in [0.25, 0.3) is 0 Å². The van der Waals surface area contributed by atoms with E-state index < -0.39 is 6.16 Å². The fourth-order valence-electron chi connectivity index (χ4n) is 3.00. The van der Waals surface area contributed by atoms with E-state index in [0.29, 0.717) is 6.61 Å². The highest BCUT2D eigenvalue weighted by atomic mass is 16.7. The van der Waals surface area contributed by atoms with Gasteiger partial charge in [0.1, 0.15) is 6.61 Å². The lowest BCUT2D eigenvalue weighted by Gasteiger charge is -2.06. The Morgan fingerprint density at radius 3 is 2.07 bits per heavy atom. The SMILES string of the molecule is CCCCC/C=C\C/C=C\CCCCCCCCOC(=O)OCc1ccccc1. The second-order valence-electron chi connectivity index (χ2n) is 7.46. The molecule has 3 nitrogen and oxygen atoms in total. The number of hydrogen-bond acceptors (Lipinski definition) is 3. The maximum Gasteiger partial charge on any atom is 0.508 e. The highest BCUT2D eigenvalue weighted by molar-refractivity contribution is 5.59. The highest BCUT2D eigenvalue weighted by Gasteiger charge is 2.03. The Kier molecular flexibility index (Phi) is 16.6. The molecule has 0 atom stereocenters. The van der Waals surface area contributed by atoms with E-state index in [1.165, 1.54) is 57.8 Å². The summed E-state index contributed by atoms with van der Waals surface area (Å²) >= 11 is 0. The average molecular weight is 401 g/mol. The van der Waals surface area contributed by atoms with E-state index >= 15 is 0 Å². The van der Waals surface area contributed by atoms with Crippen LogP contribution < -0.4 is 0 Å². The molecule has 3 heteroatoms. The quantitative estimate of drug-likeness (QED) is 0.150. The van der Waals surface area contributed by atoms with E-state index in [-0.39, 0.29) is 6.61 Å². The molecule has 0 fully saturated rings. The van der Waals surface area contributed by atoms with Crippen molar-refractivity contribution in [3.63, 3.8) is 0 Å². The molecule has 0 aliphatic rings. The number of carbonyl (C=O) groups is 1. The minimum absolute atomic E-state index is 0.267. The molecule has 29 heavy (non-hydrogen) atoms. The molecule has 0 unspecified atom stereocenters. The first-order valence-corrected chi connectivity index (χ1v) is 11.5. The first-order chi connectivity index (χ1) is 14.3. The molecule has 0 heterocycles. The van der Waals surface area contributed by atoms with E-state index in [1.54, 1.807) is 0 Å². The molecule has 0 amide bonds. The predicted octanol–water partition coefficient (Wildman–Crippen LogP) is 8.15. The summed E-state index contributed by atoms with van der Waals surface area (Å²) in [5.74, 6) is 0. The standard InChI is InChI=1S/C26H40O3/c1-2-3-4-5-6-7-8-9-10-11-12-13-14-15-16-20-23-28-26(27)29-24-25-21-18-17-19-22-25/h6-7,9-10,17-19,21-22H,2-5,8,11-16,20,23-24H2,1H3/b7-6-,10-9-. The van der Waals surface area contributed by atoms with Crippen molar-refractivity contribution in [1.82, 2.24) is 0 Å². The fraction of sp³-hybridized carbons (Fsp3) is 0.577. The smallest absolute Gasteiger partial charge is 0.434 e. The van der Waals surface area contributed by atoms with Gasteiger partial charge in [0.15, 0.2) is 0 Å². The van der Waals surface area contributed by atoms with Gasteiger partial charge in [0, 0.05) is 0 Å². The van der Waals surface area contributed by atoms with Crippen molar-refractivity contribution in [2.75, 3.05) is 6.61 Å². The van der Waals surface area contributed by atoms with Gasteiger partial charge >= 0.3 is 6.16 Å². The molecule has 1 rings (SSSR count). The van der Waals surface area contributed by atoms with Crippen LogP contribution in [-0.4, -0.2) is 12.8 Å². The van der Waals surface area contributed by atoms with Gasteiger partial charge in [-0.15, -0.1) is 0 Å². The number of hydrogen-bond donors (Lipinski definition) is 0. The Hall–Kier alpha value is -2.03. The van der Waals surface area contributed by atoms with Gasteiger partial charge in [-0.05, 0) is 44.1 Å². The first kappa shape index (κ1) is 25.0. The fourth-order valence-corrected chi connectivity index (χ4v) is 3.00. The Morgan fingerprint density at radius 1 is 0.759 bits per heavy atom. The number of unbranched alkanes of at least 4 members (excludes halogenated alkanes) is 9. The van der Waals surface area contributed by atoms with Crippen LogP contribution in [0.15, 0.2) is 54.6 Å². The summed E-state index contributed by atoms with van der Waals surface area (Å²) in [6.45, 7) is 2.96. The predicted molar refractivity (Wildman–Crippen MR) is 122 cm³/mol. The van der Waals surface area contributed by atoms with Gasteiger partial charge < -0.3 is 9.47 Å². The van der Waals surface area contributed by atoms with E-state index in [1.807, 2.05) is 30.3 Å². The molecule has 162 valence electrons. The van der Waals surface area contributed by atoms with Crippen molar-refractivity contribution in [3.8, 4) is 0 Å². The van der Waals surface area contributed by atoms with E-state index in [2.05, 4.69) is 31.2 Å². The minimum Gasteiger partial charge on any atom is -0.434 e. The summed E-state index contributed by atoms with van der Waals surface area (Å²) in [5, 5.41) is 0. The number of benzene rings is 1. The van der Waals surface area contributed by atoms with Crippen molar-refractivity contribution < 1.29 is 14.3 Å². The molecule has 0 aromatic heterocycles. The number of allylic oxidation sites excluding steroid dienone is 4. The van der Waals surface area contributed by atoms with Crippen LogP contribution in [0, 0.1) is 0 Å². The molecular formula is C26H40O3. The molecule has 0 saturated heterocycles. The summed E-state index contributed by atoms with van der Waals surface area (Å²) in [5.41, 5.74) is 0.971. The second-order valence-corrected chi connectivity index (χ2v) is 7.46. The molecule has 0 saturated carbocycles. The summed E-state index contributed by atoms with van der Waals surface area (Å²) in [7, 11) is 0. The molecule has 0 spiro atoms. The summed E-state index contributed by atoms with van der Waals surface area (Å²) in [6, 6.07) is 9.64. The summed E-state index contributed by atoms with van der Waals surface area (Å²) in [4.78, 5) is 11.5. The number of carbonyl (C=O) groups excluding carboxylic acids is 1. The summed E-state index contributed by atoms with van der Waals surface area (Å²) in [6.07, 6.45) is 23.1. The van der Waals surface area contributed by atoms with Gasteiger partial charge in [-0.1, -0.05) is 100 Å². The largest absolute Gasteiger partial charge is 0.508 e. The monoisotopic (exact) mass is 400 g/mol. The van der Waals surface area contributed by atoms with Gasteiger partial charge in [-0.2, -0.15) is 0 Å². The topological polar surface area (TPSA) is 35.5 Å². The maximum atomic E-state index is 11.5. The normalized spacial score (nSPS) is 11.3. The maximum absolute atomic E-state index is 11.5. The van der Waals surface area contributed by atoms with Crippen LogP contribution in [0.2, 0.25) is 0 Å². The van der Waals surface area contributed by atoms with Gasteiger partial charge in [-0.25, -0.2) is 4.79 Å². The van der Waals surface area contributed by atoms with Crippen LogP contribution in [-0.2, 0) is 16.1 Å². The number of ether oxygens (including phenoxy) is 2. The van der Waals surface area contributed by atoms with Crippen LogP contribution in [0.1, 0.15) is 89.5 Å². The lowest BCUT2D eigenvalue weighted by molar-refractivity contribution is 0.0487. The Bertz CT molecular complexity index is 548. The molecule has 0 N–H and O–H groups in total. The van der Waals surface area contributed by atoms with Crippen LogP contribution >= 0.6 is 0 Å². The Balaban J connectivity index is 1.81. The lowest BCUT2D eigenvalue weighted by Crippen LogP contribution is -2.08. The van der Waals surface area contributed by atoms with E-state index in [4.69, 9.17) is 9.47 Å². The first-order valence-electron chi connectivity index (χ1n) is 11.5. The van der Waals surface area contributed by atoms with Crippen LogP contribution in [0.4, 0.5) is 4.79 Å². The molecule has 1 aromatic carbocycles. The van der Waals surface area contributed by atoms with Gasteiger partial charge in [0.2, 0.25) is 0 Å². The Labute approximate surface area is 178 Å². The lowest BCUT2D eigenvalue weighted by atomic mass is 10.1. The zero-order valence-corrected chi connectivity index (χ0v) is 18.3. The van der Waals surface area contributed by atoms with Crippen molar-refractivity contribution >= 4 is 6.16 Å². The molecule has 0 radical (unpaired) electrons. The molecule has 0 aliphatic carbocycles. The third-order valence-electron chi connectivity index (χ3n) is 4.76. The summed E-state index contributed by atoms with van der Waals surface area (Å²) < 4.78 is 10.2. The average Bonchev–Trinajstić information content (AvgIpc) is 2.75. The van der Waals surface area contributed by atoms with Crippen molar-refractivity contribution in [3.05, 3.63) is 60.2 Å². The third kappa shape index (κ3) is 16.6. The highest BCUT2D eigenvalue weighted by Crippen LogP contribution is 2.09. The van der Waals surface area contributed by atoms with Crippen LogP contribution in [0.5, 0.6) is 0 Å². The van der Waals surface area contributed by atoms with E-state index in [9.17, 15) is 4.79 Å². The number of rotatable bonds is 17. The third-order valence-corrected chi connectivity index (χ3v) is 4.76. The Morgan fingerprint density at radius 2 is 1.38 bits per heavy atom. The van der Waals surface area contributed by atoms with Crippen molar-refractivity contribution in [2.45, 2.75) is 90.6 Å². The zero-order chi connectivity index (χ0) is 20.8. The molecule has 1 aromatic rings. The zero-order valence-electron chi connectivity index (χ0n) is 18.3. The minimum atomic E-state index is -0.573.